The predicted molar refractivity (Wildman–Crippen MR) is 55.6 cm³/mol. The number of rotatable bonds is 2. The van der Waals surface area contributed by atoms with Crippen LogP contribution in [-0.2, 0) is 14.3 Å². The molecule has 1 atom stereocenters. The average Bonchev–Trinajstić information content (AvgIpc) is 2.24. The number of halogens is 3. The highest BCUT2D eigenvalue weighted by molar-refractivity contribution is 6.52. The summed E-state index contributed by atoms with van der Waals surface area (Å²) in [6.45, 7) is 0. The molecule has 1 unspecified atom stereocenters. The van der Waals surface area contributed by atoms with Crippen LogP contribution < -0.4 is 0 Å². The largest absolute Gasteiger partial charge is 0.494 e. The van der Waals surface area contributed by atoms with Crippen LogP contribution in [0, 0.1) is 0 Å². The smallest absolute Gasteiger partial charge is 0.274 e. The van der Waals surface area contributed by atoms with Gasteiger partial charge in [0.05, 0.1) is 7.11 Å². The zero-order chi connectivity index (χ0) is 11.8. The second-order valence-electron chi connectivity index (χ2n) is 2.65. The molecule has 0 spiro atoms. The predicted octanol–water partition coefficient (Wildman–Crippen LogP) is 1.69. The van der Waals surface area contributed by atoms with Gasteiger partial charge in [-0.1, -0.05) is 34.8 Å². The fraction of sp³-hybridized carbons (Fsp3) is 0.375. The minimum atomic E-state index is -2.33. The number of allylic oxidation sites excluding steroid dienone is 1. The van der Waals surface area contributed by atoms with Crippen molar-refractivity contribution in [2.24, 2.45) is 0 Å². The molecule has 0 fully saturated rings. The van der Waals surface area contributed by atoms with Gasteiger partial charge < -0.3 is 14.6 Å². The molecule has 1 aliphatic carbocycles. The maximum Gasteiger partial charge on any atom is 0.274 e. The summed E-state index contributed by atoms with van der Waals surface area (Å²) < 4.78 is 9.43. The fourth-order valence-corrected chi connectivity index (χ4v) is 1.91. The van der Waals surface area contributed by atoms with Crippen molar-refractivity contribution in [1.82, 2.24) is 0 Å². The van der Waals surface area contributed by atoms with E-state index >= 15 is 0 Å². The van der Waals surface area contributed by atoms with E-state index in [1.807, 2.05) is 0 Å². The van der Waals surface area contributed by atoms with E-state index in [-0.39, 0.29) is 20.9 Å². The van der Waals surface area contributed by atoms with Crippen molar-refractivity contribution < 1.29 is 19.4 Å². The number of hydrogen-bond donors (Lipinski definition) is 1. The van der Waals surface area contributed by atoms with Crippen LogP contribution in [-0.4, -0.2) is 30.9 Å². The molecular weight excluding hydrogens is 266 g/mol. The van der Waals surface area contributed by atoms with E-state index in [1.165, 1.54) is 7.11 Å². The van der Waals surface area contributed by atoms with Gasteiger partial charge in [-0.15, -0.1) is 0 Å². The molecule has 1 aliphatic rings. The first kappa shape index (κ1) is 12.8. The molecule has 15 heavy (non-hydrogen) atoms. The first-order valence-corrected chi connectivity index (χ1v) is 4.85. The third-order valence-electron chi connectivity index (χ3n) is 1.90. The topological polar surface area (TPSA) is 55.8 Å². The second kappa shape index (κ2) is 4.31. The summed E-state index contributed by atoms with van der Waals surface area (Å²) >= 11 is 17.0. The summed E-state index contributed by atoms with van der Waals surface area (Å²) in [4.78, 5) is 11.5. The molecule has 84 valence electrons. The number of hydrogen-bond acceptors (Lipinski definition) is 4. The van der Waals surface area contributed by atoms with Gasteiger partial charge in [0.1, 0.15) is 15.1 Å². The van der Waals surface area contributed by atoms with Gasteiger partial charge in [0.15, 0.2) is 5.76 Å². The molecule has 0 aliphatic heterocycles. The summed E-state index contributed by atoms with van der Waals surface area (Å²) in [7, 11) is 2.38. The fourth-order valence-electron chi connectivity index (χ4n) is 1.06. The number of methoxy groups -OCH3 is 2. The third kappa shape index (κ3) is 1.77. The zero-order valence-corrected chi connectivity index (χ0v) is 10.1. The van der Waals surface area contributed by atoms with Crippen molar-refractivity contribution in [3.05, 3.63) is 20.9 Å². The minimum absolute atomic E-state index is 0.0905. The summed E-state index contributed by atoms with van der Waals surface area (Å²) in [6, 6.07) is 0. The first-order valence-electron chi connectivity index (χ1n) is 3.72. The Morgan fingerprint density at radius 3 is 2.13 bits per heavy atom. The molecule has 0 saturated heterocycles. The standard InChI is InChI=1S/C8H7Cl3O4/c1-14-5-3(9)4(10)7(12)8(13,15-2)6(5)11/h13H,1-2H3. The van der Waals surface area contributed by atoms with E-state index in [1.54, 1.807) is 0 Å². The van der Waals surface area contributed by atoms with Gasteiger partial charge in [-0.2, -0.15) is 0 Å². The second-order valence-corrected chi connectivity index (χ2v) is 3.79. The molecule has 0 heterocycles. The van der Waals surface area contributed by atoms with E-state index in [4.69, 9.17) is 39.5 Å². The van der Waals surface area contributed by atoms with Gasteiger partial charge in [-0.25, -0.2) is 0 Å². The van der Waals surface area contributed by atoms with E-state index in [0.717, 1.165) is 7.11 Å². The maximum absolute atomic E-state index is 11.5. The van der Waals surface area contributed by atoms with Crippen LogP contribution >= 0.6 is 34.8 Å². The minimum Gasteiger partial charge on any atom is -0.494 e. The lowest BCUT2D eigenvalue weighted by Gasteiger charge is -2.29. The molecule has 0 aromatic heterocycles. The van der Waals surface area contributed by atoms with E-state index in [2.05, 4.69) is 4.74 Å². The Bertz CT molecular complexity index is 374. The Labute approximate surface area is 101 Å². The van der Waals surface area contributed by atoms with Gasteiger partial charge in [0, 0.05) is 7.11 Å². The molecule has 0 radical (unpaired) electrons. The van der Waals surface area contributed by atoms with Crippen LogP contribution in [0.1, 0.15) is 0 Å². The number of carbonyl (C=O) groups is 1. The highest BCUT2D eigenvalue weighted by Crippen LogP contribution is 2.40. The summed E-state index contributed by atoms with van der Waals surface area (Å²) in [5.41, 5.74) is 0. The Kier molecular flexibility index (Phi) is 3.68. The monoisotopic (exact) mass is 272 g/mol. The molecule has 4 nitrogen and oxygen atoms in total. The van der Waals surface area contributed by atoms with E-state index in [0.29, 0.717) is 0 Å². The van der Waals surface area contributed by atoms with Crippen LogP contribution in [0.15, 0.2) is 20.9 Å². The Morgan fingerprint density at radius 2 is 1.73 bits per heavy atom. The molecule has 0 saturated carbocycles. The lowest BCUT2D eigenvalue weighted by atomic mass is 10.0. The lowest BCUT2D eigenvalue weighted by molar-refractivity contribution is -0.173. The molecule has 1 N–H and O–H groups in total. The van der Waals surface area contributed by atoms with Crippen LogP contribution in [0.3, 0.4) is 0 Å². The molecule has 0 aromatic rings. The van der Waals surface area contributed by atoms with E-state index < -0.39 is 11.6 Å². The molecule has 0 bridgehead atoms. The van der Waals surface area contributed by atoms with Crippen LogP contribution in [0.2, 0.25) is 0 Å². The van der Waals surface area contributed by atoms with Crippen molar-refractivity contribution in [1.29, 1.82) is 0 Å². The van der Waals surface area contributed by atoms with Crippen molar-refractivity contribution in [3.63, 3.8) is 0 Å². The van der Waals surface area contributed by atoms with Crippen molar-refractivity contribution in [2.75, 3.05) is 14.2 Å². The lowest BCUT2D eigenvalue weighted by Crippen LogP contribution is -2.44. The Morgan fingerprint density at radius 1 is 1.20 bits per heavy atom. The maximum atomic E-state index is 11.5. The molecule has 0 aromatic carbocycles. The van der Waals surface area contributed by atoms with Crippen LogP contribution in [0.4, 0.5) is 0 Å². The van der Waals surface area contributed by atoms with Crippen molar-refractivity contribution in [3.8, 4) is 0 Å². The van der Waals surface area contributed by atoms with Crippen LogP contribution in [0.5, 0.6) is 0 Å². The number of Topliss-reactive ketones (excluding diaryl/α,β-unsaturated/α-hetero) is 1. The number of carbonyl (C=O) groups excluding carboxylic acids is 1. The summed E-state index contributed by atoms with van der Waals surface area (Å²) in [5, 5.41) is 8.89. The number of aliphatic hydroxyl groups is 1. The number of ether oxygens (including phenoxy) is 2. The molecule has 0 amide bonds. The SMILES string of the molecule is COC1=C(Cl)C(O)(OC)C(=O)C(Cl)=C1Cl. The first-order chi connectivity index (χ1) is 6.90. The van der Waals surface area contributed by atoms with Gasteiger partial charge in [-0.3, -0.25) is 4.79 Å². The van der Waals surface area contributed by atoms with E-state index in [9.17, 15) is 9.90 Å². The quantitative estimate of drug-likeness (QED) is 0.778. The summed E-state index contributed by atoms with van der Waals surface area (Å²) in [6.07, 6.45) is 0. The summed E-state index contributed by atoms with van der Waals surface area (Å²) in [5.74, 6) is -3.35. The molecule has 1 rings (SSSR count). The zero-order valence-electron chi connectivity index (χ0n) is 7.81. The molecular formula is C8H7Cl3O4. The highest BCUT2D eigenvalue weighted by atomic mass is 35.5. The molecule has 7 heteroatoms. The normalized spacial score (nSPS) is 27.5. The number of ketones is 1. The average molecular weight is 273 g/mol. The van der Waals surface area contributed by atoms with Crippen LogP contribution in [0.25, 0.3) is 0 Å². The van der Waals surface area contributed by atoms with Gasteiger partial charge in [0.2, 0.25) is 5.78 Å². The van der Waals surface area contributed by atoms with Gasteiger partial charge >= 0.3 is 0 Å². The van der Waals surface area contributed by atoms with Gasteiger partial charge in [-0.05, 0) is 0 Å². The van der Waals surface area contributed by atoms with Crippen molar-refractivity contribution >= 4 is 40.6 Å². The highest BCUT2D eigenvalue weighted by Gasteiger charge is 2.48. The Hall–Kier alpha value is -0.260. The third-order valence-corrected chi connectivity index (χ3v) is 3.14. The van der Waals surface area contributed by atoms with Crippen molar-refractivity contribution in [2.45, 2.75) is 5.79 Å². The Balaban J connectivity index is 3.43. The van der Waals surface area contributed by atoms with Gasteiger partial charge in [0.25, 0.3) is 5.79 Å².